The minimum Gasteiger partial charge on any atom is -0.345 e. The molecule has 2 aromatic carbocycles. The molecule has 1 aliphatic heterocycles. The summed E-state index contributed by atoms with van der Waals surface area (Å²) < 4.78 is 1.21. The van der Waals surface area contributed by atoms with E-state index in [4.69, 9.17) is 16.6 Å². The first-order chi connectivity index (χ1) is 12.6. The second kappa shape index (κ2) is 7.13. The summed E-state index contributed by atoms with van der Waals surface area (Å²) in [5.41, 5.74) is 3.00. The van der Waals surface area contributed by atoms with Crippen LogP contribution in [0.15, 0.2) is 42.5 Å². The fourth-order valence-electron chi connectivity index (χ4n) is 3.02. The summed E-state index contributed by atoms with van der Waals surface area (Å²) in [7, 11) is 0. The van der Waals surface area contributed by atoms with Crippen molar-refractivity contribution in [1.29, 1.82) is 0 Å². The highest BCUT2D eigenvalue weighted by Crippen LogP contribution is 2.30. The first-order valence-corrected chi connectivity index (χ1v) is 9.71. The Balaban J connectivity index is 1.39. The minimum absolute atomic E-state index is 0.0909. The van der Waals surface area contributed by atoms with Gasteiger partial charge in [-0.3, -0.25) is 0 Å². The maximum atomic E-state index is 12.4. The number of carbonyl (C=O) groups is 1. The Hall–Kier alpha value is -2.31. The third kappa shape index (κ3) is 3.61. The molecule has 3 aromatic rings. The van der Waals surface area contributed by atoms with Gasteiger partial charge in [0.15, 0.2) is 5.13 Å². The molecule has 1 aliphatic rings. The number of nitrogens with zero attached hydrogens (tertiary/aromatic N) is 3. The molecule has 0 unspecified atom stereocenters. The van der Waals surface area contributed by atoms with Gasteiger partial charge in [0.05, 0.1) is 10.2 Å². The van der Waals surface area contributed by atoms with Crippen molar-refractivity contribution in [2.24, 2.45) is 0 Å². The van der Waals surface area contributed by atoms with Crippen molar-refractivity contribution in [2.45, 2.75) is 6.92 Å². The number of hydrogen-bond donors (Lipinski definition) is 1. The predicted octanol–water partition coefficient (Wildman–Crippen LogP) is 4.61. The number of benzene rings is 2. The van der Waals surface area contributed by atoms with Gasteiger partial charge in [-0.05, 0) is 42.8 Å². The number of fused-ring (bicyclic) bond motifs is 1. The van der Waals surface area contributed by atoms with Crippen LogP contribution in [0.1, 0.15) is 5.56 Å². The van der Waals surface area contributed by atoms with E-state index in [1.807, 2.05) is 17.0 Å². The lowest BCUT2D eigenvalue weighted by molar-refractivity contribution is 0.208. The van der Waals surface area contributed by atoms with Crippen LogP contribution in [0, 0.1) is 6.92 Å². The van der Waals surface area contributed by atoms with Gasteiger partial charge in [0.25, 0.3) is 0 Å². The summed E-state index contributed by atoms with van der Waals surface area (Å²) in [5.74, 6) is 0. The maximum absolute atomic E-state index is 12.4. The van der Waals surface area contributed by atoms with Crippen molar-refractivity contribution in [2.75, 3.05) is 36.4 Å². The number of hydrogen-bond acceptors (Lipinski definition) is 4. The highest BCUT2D eigenvalue weighted by molar-refractivity contribution is 7.22. The molecule has 5 nitrogen and oxygen atoms in total. The normalized spacial score (nSPS) is 14.7. The van der Waals surface area contributed by atoms with Crippen molar-refractivity contribution in [3.63, 3.8) is 0 Å². The molecule has 0 atom stereocenters. The number of aryl methyl sites for hydroxylation is 1. The van der Waals surface area contributed by atoms with Crippen LogP contribution in [0.4, 0.5) is 15.6 Å². The third-order valence-corrected chi connectivity index (χ3v) is 5.76. The SMILES string of the molecule is Cc1ccc2nc(N3CCN(C(=O)Nc4cccc(Cl)c4)CC3)sc2c1. The summed E-state index contributed by atoms with van der Waals surface area (Å²) in [4.78, 5) is 21.3. The number of rotatable bonds is 2. The smallest absolute Gasteiger partial charge is 0.321 e. The fourth-order valence-corrected chi connectivity index (χ4v) is 4.33. The average molecular weight is 387 g/mol. The van der Waals surface area contributed by atoms with E-state index in [2.05, 4.69) is 35.3 Å². The van der Waals surface area contributed by atoms with Crippen LogP contribution in [0.25, 0.3) is 10.2 Å². The van der Waals surface area contributed by atoms with E-state index in [-0.39, 0.29) is 6.03 Å². The number of halogens is 1. The highest BCUT2D eigenvalue weighted by Gasteiger charge is 2.23. The monoisotopic (exact) mass is 386 g/mol. The lowest BCUT2D eigenvalue weighted by Gasteiger charge is -2.34. The molecule has 0 saturated carbocycles. The molecule has 0 bridgehead atoms. The molecule has 1 saturated heterocycles. The van der Waals surface area contributed by atoms with E-state index in [1.54, 1.807) is 23.5 Å². The van der Waals surface area contributed by atoms with E-state index in [1.165, 1.54) is 10.3 Å². The number of aromatic nitrogens is 1. The Labute approximate surface area is 161 Å². The fraction of sp³-hybridized carbons (Fsp3) is 0.263. The van der Waals surface area contributed by atoms with Gasteiger partial charge in [0, 0.05) is 36.9 Å². The van der Waals surface area contributed by atoms with Gasteiger partial charge in [-0.25, -0.2) is 9.78 Å². The zero-order valence-electron chi connectivity index (χ0n) is 14.4. The number of anilines is 2. The van der Waals surface area contributed by atoms with Gasteiger partial charge in [-0.2, -0.15) is 0 Å². The Bertz CT molecular complexity index is 950. The van der Waals surface area contributed by atoms with Crippen molar-refractivity contribution >= 4 is 50.0 Å². The molecular formula is C19H19ClN4OS. The van der Waals surface area contributed by atoms with E-state index < -0.39 is 0 Å². The van der Waals surface area contributed by atoms with Gasteiger partial charge in [0.2, 0.25) is 0 Å². The van der Waals surface area contributed by atoms with Gasteiger partial charge < -0.3 is 15.1 Å². The standard InChI is InChI=1S/C19H19ClN4OS/c1-13-5-6-16-17(11-13)26-19(22-16)24-9-7-23(8-10-24)18(25)21-15-4-2-3-14(20)12-15/h2-6,11-12H,7-10H2,1H3,(H,21,25). The molecule has 4 rings (SSSR count). The van der Waals surface area contributed by atoms with Gasteiger partial charge in [-0.1, -0.05) is 35.1 Å². The molecule has 134 valence electrons. The summed E-state index contributed by atoms with van der Waals surface area (Å²) in [6.45, 7) is 4.99. The topological polar surface area (TPSA) is 48.5 Å². The van der Waals surface area contributed by atoms with Crippen LogP contribution in [0.3, 0.4) is 0 Å². The highest BCUT2D eigenvalue weighted by atomic mass is 35.5. The zero-order chi connectivity index (χ0) is 18.1. The van der Waals surface area contributed by atoms with E-state index in [0.29, 0.717) is 23.8 Å². The predicted molar refractivity (Wildman–Crippen MR) is 109 cm³/mol. The summed E-state index contributed by atoms with van der Waals surface area (Å²) in [6.07, 6.45) is 0. The Morgan fingerprint density at radius 2 is 1.96 bits per heavy atom. The van der Waals surface area contributed by atoms with Crippen molar-refractivity contribution in [1.82, 2.24) is 9.88 Å². The molecule has 1 aromatic heterocycles. The van der Waals surface area contributed by atoms with Crippen molar-refractivity contribution < 1.29 is 4.79 Å². The average Bonchev–Trinajstić information content (AvgIpc) is 3.05. The van der Waals surface area contributed by atoms with Gasteiger partial charge in [0.1, 0.15) is 0 Å². The van der Waals surface area contributed by atoms with E-state index >= 15 is 0 Å². The van der Waals surface area contributed by atoms with E-state index in [0.717, 1.165) is 23.7 Å². The molecule has 2 amide bonds. The second-order valence-corrected chi connectivity index (χ2v) is 7.83. The van der Waals surface area contributed by atoms with Crippen molar-refractivity contribution in [3.05, 3.63) is 53.1 Å². The van der Waals surface area contributed by atoms with Crippen LogP contribution >= 0.6 is 22.9 Å². The Kier molecular flexibility index (Phi) is 4.70. The van der Waals surface area contributed by atoms with Gasteiger partial charge >= 0.3 is 6.03 Å². The van der Waals surface area contributed by atoms with Crippen LogP contribution in [-0.2, 0) is 0 Å². The number of urea groups is 1. The molecule has 0 aliphatic carbocycles. The Morgan fingerprint density at radius 1 is 1.15 bits per heavy atom. The number of piperazine rings is 1. The first kappa shape index (κ1) is 17.1. The van der Waals surface area contributed by atoms with Gasteiger partial charge in [-0.15, -0.1) is 0 Å². The largest absolute Gasteiger partial charge is 0.345 e. The minimum atomic E-state index is -0.0909. The van der Waals surface area contributed by atoms with Crippen LogP contribution in [-0.4, -0.2) is 42.1 Å². The zero-order valence-corrected chi connectivity index (χ0v) is 16.0. The first-order valence-electron chi connectivity index (χ1n) is 8.52. The molecule has 1 N–H and O–H groups in total. The molecule has 26 heavy (non-hydrogen) atoms. The lowest BCUT2D eigenvalue weighted by Crippen LogP contribution is -2.50. The van der Waals surface area contributed by atoms with E-state index in [9.17, 15) is 4.79 Å². The summed E-state index contributed by atoms with van der Waals surface area (Å²) >= 11 is 7.68. The summed E-state index contributed by atoms with van der Waals surface area (Å²) in [5, 5.41) is 4.54. The maximum Gasteiger partial charge on any atom is 0.321 e. The molecular weight excluding hydrogens is 368 g/mol. The molecule has 0 spiro atoms. The number of thiazole rings is 1. The Morgan fingerprint density at radius 3 is 2.73 bits per heavy atom. The number of amides is 2. The quantitative estimate of drug-likeness (QED) is 0.699. The van der Waals surface area contributed by atoms with Crippen LogP contribution in [0.5, 0.6) is 0 Å². The lowest BCUT2D eigenvalue weighted by atomic mass is 10.2. The molecule has 2 heterocycles. The molecule has 1 fully saturated rings. The second-order valence-electron chi connectivity index (χ2n) is 6.38. The molecule has 7 heteroatoms. The van der Waals surface area contributed by atoms with Crippen LogP contribution < -0.4 is 10.2 Å². The number of nitrogens with one attached hydrogen (secondary N) is 1. The summed E-state index contributed by atoms with van der Waals surface area (Å²) in [6, 6.07) is 13.4. The third-order valence-electron chi connectivity index (χ3n) is 4.45. The van der Waals surface area contributed by atoms with Crippen LogP contribution in [0.2, 0.25) is 5.02 Å². The molecule has 0 radical (unpaired) electrons. The number of carbonyl (C=O) groups excluding carboxylic acids is 1. The van der Waals surface area contributed by atoms with Crippen molar-refractivity contribution in [3.8, 4) is 0 Å².